The van der Waals surface area contributed by atoms with Gasteiger partial charge in [0, 0.05) is 12.1 Å². The molecule has 0 fully saturated rings. The first kappa shape index (κ1) is 13.2. The molecule has 0 aliphatic heterocycles. The maximum absolute atomic E-state index is 11.5. The molecule has 1 amide bonds. The Hall–Kier alpha value is -0.870. The molecular weight excluding hydrogens is 246 g/mol. The zero-order valence-electron chi connectivity index (χ0n) is 9.45. The monoisotopic (exact) mass is 259 g/mol. The smallest absolute Gasteiger partial charge is 0.236 e. The van der Waals surface area contributed by atoms with Crippen molar-refractivity contribution in [3.8, 4) is 5.75 Å². The highest BCUT2D eigenvalue weighted by atomic mass is 35.5. The number of amides is 1. The van der Waals surface area contributed by atoms with Crippen LogP contribution < -0.4 is 9.64 Å². The largest absolute Gasteiger partial charge is 0.495 e. The second-order valence-electron chi connectivity index (χ2n) is 3.38. The maximum atomic E-state index is 11.5. The lowest BCUT2D eigenvalue weighted by molar-refractivity contribution is -0.115. The van der Waals surface area contributed by atoms with E-state index in [0.29, 0.717) is 16.5 Å². The number of halogens is 1. The van der Waals surface area contributed by atoms with Gasteiger partial charge in [-0.2, -0.15) is 12.6 Å². The minimum Gasteiger partial charge on any atom is -0.495 e. The Kier molecular flexibility index (Phi) is 4.50. The Morgan fingerprint density at radius 1 is 1.56 bits per heavy atom. The SMILES string of the molecule is COc1cc(C)c(Cl)cc1N(C)C(=O)CS. The van der Waals surface area contributed by atoms with Crippen molar-refractivity contribution in [2.45, 2.75) is 6.92 Å². The molecule has 0 aliphatic rings. The molecule has 1 aromatic rings. The fourth-order valence-corrected chi connectivity index (χ4v) is 1.68. The van der Waals surface area contributed by atoms with E-state index in [1.807, 2.05) is 6.92 Å². The van der Waals surface area contributed by atoms with Crippen LogP contribution in [0.25, 0.3) is 0 Å². The summed E-state index contributed by atoms with van der Waals surface area (Å²) in [5.74, 6) is 0.659. The third-order valence-electron chi connectivity index (χ3n) is 2.33. The molecule has 0 saturated heterocycles. The van der Waals surface area contributed by atoms with Crippen LogP contribution in [0.15, 0.2) is 12.1 Å². The summed E-state index contributed by atoms with van der Waals surface area (Å²) in [6.07, 6.45) is 0. The van der Waals surface area contributed by atoms with Crippen LogP contribution in [0.1, 0.15) is 5.56 Å². The van der Waals surface area contributed by atoms with Crippen LogP contribution in [0.2, 0.25) is 5.02 Å². The fraction of sp³-hybridized carbons (Fsp3) is 0.364. The van der Waals surface area contributed by atoms with E-state index in [1.54, 1.807) is 26.3 Å². The van der Waals surface area contributed by atoms with E-state index in [2.05, 4.69) is 12.6 Å². The topological polar surface area (TPSA) is 29.5 Å². The maximum Gasteiger partial charge on any atom is 0.236 e. The molecule has 0 radical (unpaired) electrons. The lowest BCUT2D eigenvalue weighted by Gasteiger charge is -2.20. The Bertz CT molecular complexity index is 409. The van der Waals surface area contributed by atoms with Gasteiger partial charge in [-0.15, -0.1) is 0 Å². The van der Waals surface area contributed by atoms with Crippen molar-refractivity contribution in [1.29, 1.82) is 0 Å². The molecule has 0 aliphatic carbocycles. The van der Waals surface area contributed by atoms with Gasteiger partial charge in [0.25, 0.3) is 0 Å². The molecule has 0 N–H and O–H groups in total. The first-order valence-corrected chi connectivity index (χ1v) is 5.73. The number of hydrogen-bond donors (Lipinski definition) is 1. The van der Waals surface area contributed by atoms with Crippen molar-refractivity contribution in [2.24, 2.45) is 0 Å². The number of nitrogens with zero attached hydrogens (tertiary/aromatic N) is 1. The summed E-state index contributed by atoms with van der Waals surface area (Å²) >= 11 is 9.97. The molecule has 0 heterocycles. The van der Waals surface area contributed by atoms with E-state index >= 15 is 0 Å². The number of hydrogen-bond acceptors (Lipinski definition) is 3. The molecule has 0 unspecified atom stereocenters. The van der Waals surface area contributed by atoms with Crippen molar-refractivity contribution in [3.63, 3.8) is 0 Å². The molecule has 0 saturated carbocycles. The lowest BCUT2D eigenvalue weighted by atomic mass is 10.2. The number of methoxy groups -OCH3 is 1. The van der Waals surface area contributed by atoms with Gasteiger partial charge in [-0.1, -0.05) is 11.6 Å². The summed E-state index contributed by atoms with van der Waals surface area (Å²) < 4.78 is 5.22. The van der Waals surface area contributed by atoms with Crippen LogP contribution in [-0.4, -0.2) is 25.8 Å². The van der Waals surface area contributed by atoms with Gasteiger partial charge in [-0.3, -0.25) is 4.79 Å². The number of carbonyl (C=O) groups is 1. The van der Waals surface area contributed by atoms with E-state index in [-0.39, 0.29) is 11.7 Å². The molecule has 1 rings (SSSR count). The van der Waals surface area contributed by atoms with Gasteiger partial charge in [0.1, 0.15) is 5.75 Å². The molecule has 3 nitrogen and oxygen atoms in total. The average molecular weight is 260 g/mol. The Morgan fingerprint density at radius 2 is 2.19 bits per heavy atom. The first-order valence-electron chi connectivity index (χ1n) is 4.72. The van der Waals surface area contributed by atoms with Gasteiger partial charge in [-0.25, -0.2) is 0 Å². The number of carbonyl (C=O) groups excluding carboxylic acids is 1. The number of aryl methyl sites for hydroxylation is 1. The number of thiol groups is 1. The second kappa shape index (κ2) is 5.46. The van der Waals surface area contributed by atoms with Crippen LogP contribution in [0.3, 0.4) is 0 Å². The van der Waals surface area contributed by atoms with Crippen molar-refractivity contribution in [1.82, 2.24) is 0 Å². The van der Waals surface area contributed by atoms with Crippen LogP contribution >= 0.6 is 24.2 Å². The van der Waals surface area contributed by atoms with Gasteiger partial charge in [0.05, 0.1) is 18.6 Å². The second-order valence-corrected chi connectivity index (χ2v) is 4.11. The zero-order chi connectivity index (χ0) is 12.3. The Balaban J connectivity index is 3.21. The minimum atomic E-state index is -0.110. The van der Waals surface area contributed by atoms with Gasteiger partial charge in [0.15, 0.2) is 0 Å². The molecule has 16 heavy (non-hydrogen) atoms. The quantitative estimate of drug-likeness (QED) is 0.846. The van der Waals surface area contributed by atoms with Crippen LogP contribution in [0.4, 0.5) is 5.69 Å². The van der Waals surface area contributed by atoms with Crippen LogP contribution in [0, 0.1) is 6.92 Å². The van der Waals surface area contributed by atoms with Crippen molar-refractivity contribution < 1.29 is 9.53 Å². The Labute approximate surface area is 106 Å². The molecule has 0 spiro atoms. The lowest BCUT2D eigenvalue weighted by Crippen LogP contribution is -2.27. The third-order valence-corrected chi connectivity index (χ3v) is 3.01. The van der Waals surface area contributed by atoms with Crippen molar-refractivity contribution in [3.05, 3.63) is 22.7 Å². The van der Waals surface area contributed by atoms with E-state index in [9.17, 15) is 4.79 Å². The number of rotatable bonds is 3. The highest BCUT2D eigenvalue weighted by Gasteiger charge is 2.15. The molecule has 0 atom stereocenters. The Morgan fingerprint density at radius 3 is 2.69 bits per heavy atom. The summed E-state index contributed by atoms with van der Waals surface area (Å²) in [4.78, 5) is 13.0. The molecule has 5 heteroatoms. The summed E-state index contributed by atoms with van der Waals surface area (Å²) in [6.45, 7) is 1.88. The number of anilines is 1. The molecular formula is C11H14ClNO2S. The predicted octanol–water partition coefficient (Wildman–Crippen LogP) is 2.55. The number of benzene rings is 1. The predicted molar refractivity (Wildman–Crippen MR) is 70.0 cm³/mol. The van der Waals surface area contributed by atoms with Gasteiger partial charge < -0.3 is 9.64 Å². The number of ether oxygens (including phenoxy) is 1. The van der Waals surface area contributed by atoms with E-state index in [4.69, 9.17) is 16.3 Å². The molecule has 0 bridgehead atoms. The van der Waals surface area contributed by atoms with E-state index in [0.717, 1.165) is 5.56 Å². The van der Waals surface area contributed by atoms with Crippen molar-refractivity contribution >= 4 is 35.8 Å². The fourth-order valence-electron chi connectivity index (χ4n) is 1.31. The van der Waals surface area contributed by atoms with E-state index < -0.39 is 0 Å². The van der Waals surface area contributed by atoms with Gasteiger partial charge >= 0.3 is 0 Å². The van der Waals surface area contributed by atoms with E-state index in [1.165, 1.54) is 4.90 Å². The highest BCUT2D eigenvalue weighted by Crippen LogP contribution is 2.33. The standard InChI is InChI=1S/C11H14ClNO2S/c1-7-4-10(15-3)9(5-8(7)12)13(2)11(14)6-16/h4-5,16H,6H2,1-3H3. The van der Waals surface area contributed by atoms with Crippen molar-refractivity contribution in [2.75, 3.05) is 24.8 Å². The zero-order valence-corrected chi connectivity index (χ0v) is 11.1. The van der Waals surface area contributed by atoms with Crippen LogP contribution in [0.5, 0.6) is 5.75 Å². The minimum absolute atomic E-state index is 0.110. The molecule has 1 aromatic carbocycles. The van der Waals surface area contributed by atoms with Crippen LogP contribution in [-0.2, 0) is 4.79 Å². The van der Waals surface area contributed by atoms with Gasteiger partial charge in [-0.05, 0) is 24.6 Å². The molecule has 88 valence electrons. The first-order chi connectivity index (χ1) is 7.51. The summed E-state index contributed by atoms with van der Waals surface area (Å²) in [5, 5.41) is 0.606. The summed E-state index contributed by atoms with van der Waals surface area (Å²) in [5.41, 5.74) is 1.56. The molecule has 0 aromatic heterocycles. The summed E-state index contributed by atoms with van der Waals surface area (Å²) in [6, 6.07) is 3.52. The highest BCUT2D eigenvalue weighted by molar-refractivity contribution is 7.81. The third kappa shape index (κ3) is 2.62. The normalized spacial score (nSPS) is 10.1. The van der Waals surface area contributed by atoms with Gasteiger partial charge in [0.2, 0.25) is 5.91 Å². The average Bonchev–Trinajstić information content (AvgIpc) is 2.30. The summed E-state index contributed by atoms with van der Waals surface area (Å²) in [7, 11) is 3.23.